The van der Waals surface area contributed by atoms with Crippen LogP contribution in [0, 0.1) is 12.8 Å². The minimum absolute atomic E-state index is 0.124. The molecule has 1 unspecified atom stereocenters. The average molecular weight is 295 g/mol. The van der Waals surface area contributed by atoms with Crippen LogP contribution in [-0.2, 0) is 9.59 Å². The van der Waals surface area contributed by atoms with Crippen LogP contribution in [0.15, 0.2) is 29.2 Å². The van der Waals surface area contributed by atoms with Gasteiger partial charge < -0.3 is 10.4 Å². The minimum atomic E-state index is -0.986. The van der Waals surface area contributed by atoms with Crippen LogP contribution in [0.5, 0.6) is 0 Å². The summed E-state index contributed by atoms with van der Waals surface area (Å²) in [6.45, 7) is 5.58. The first kappa shape index (κ1) is 16.6. The second-order valence-corrected chi connectivity index (χ2v) is 6.21. The van der Waals surface area contributed by atoms with Crippen molar-refractivity contribution in [2.75, 3.05) is 5.75 Å². The Bertz CT molecular complexity index is 474. The number of hydrogen-bond donors (Lipinski definition) is 2. The molecule has 0 saturated heterocycles. The topological polar surface area (TPSA) is 66.4 Å². The standard InChI is InChI=1S/C15H21NO3S/c1-10(2)14(15(18)19)16-13(17)7-8-20-12-6-4-5-11(3)9-12/h4-6,9-10,14H,7-8H2,1-3H3,(H,16,17)(H,18,19). The molecule has 110 valence electrons. The molecule has 4 nitrogen and oxygen atoms in total. The zero-order valence-corrected chi connectivity index (χ0v) is 12.9. The summed E-state index contributed by atoms with van der Waals surface area (Å²) in [4.78, 5) is 23.8. The molecule has 0 aliphatic rings. The predicted molar refractivity (Wildman–Crippen MR) is 80.9 cm³/mol. The van der Waals surface area contributed by atoms with E-state index in [2.05, 4.69) is 11.4 Å². The van der Waals surface area contributed by atoms with Crippen molar-refractivity contribution in [2.45, 2.75) is 38.1 Å². The van der Waals surface area contributed by atoms with E-state index in [0.29, 0.717) is 12.2 Å². The van der Waals surface area contributed by atoms with Crippen molar-refractivity contribution < 1.29 is 14.7 Å². The lowest BCUT2D eigenvalue weighted by molar-refractivity contribution is -0.143. The molecule has 0 aliphatic carbocycles. The van der Waals surface area contributed by atoms with Crippen LogP contribution in [0.3, 0.4) is 0 Å². The fourth-order valence-corrected chi connectivity index (χ4v) is 2.69. The van der Waals surface area contributed by atoms with Gasteiger partial charge in [0, 0.05) is 17.1 Å². The first-order chi connectivity index (χ1) is 9.40. The monoisotopic (exact) mass is 295 g/mol. The maximum absolute atomic E-state index is 11.7. The van der Waals surface area contributed by atoms with Crippen molar-refractivity contribution in [2.24, 2.45) is 5.92 Å². The number of amides is 1. The summed E-state index contributed by atoms with van der Waals surface area (Å²) in [6, 6.07) is 7.26. The highest BCUT2D eigenvalue weighted by molar-refractivity contribution is 7.99. The molecule has 0 fully saturated rings. The Morgan fingerprint density at radius 1 is 1.35 bits per heavy atom. The SMILES string of the molecule is Cc1cccc(SCCC(=O)NC(C(=O)O)C(C)C)c1. The van der Waals surface area contributed by atoms with Gasteiger partial charge in [0.05, 0.1) is 0 Å². The van der Waals surface area contributed by atoms with Gasteiger partial charge in [-0.2, -0.15) is 0 Å². The number of nitrogens with one attached hydrogen (secondary N) is 1. The summed E-state index contributed by atoms with van der Waals surface area (Å²) in [5.74, 6) is -0.688. The number of carboxylic acids is 1. The van der Waals surface area contributed by atoms with E-state index >= 15 is 0 Å². The lowest BCUT2D eigenvalue weighted by Crippen LogP contribution is -2.44. The molecule has 0 spiro atoms. The number of aliphatic carboxylic acids is 1. The van der Waals surface area contributed by atoms with E-state index in [1.807, 2.05) is 25.1 Å². The normalized spacial score (nSPS) is 12.2. The molecule has 0 bridgehead atoms. The van der Waals surface area contributed by atoms with Crippen LogP contribution in [0.2, 0.25) is 0 Å². The van der Waals surface area contributed by atoms with Gasteiger partial charge in [0.25, 0.3) is 0 Å². The Balaban J connectivity index is 2.38. The summed E-state index contributed by atoms with van der Waals surface area (Å²) in [5, 5.41) is 11.6. The van der Waals surface area contributed by atoms with E-state index in [0.717, 1.165) is 4.90 Å². The zero-order valence-electron chi connectivity index (χ0n) is 12.1. The Labute approximate surface area is 124 Å². The van der Waals surface area contributed by atoms with Gasteiger partial charge in [0.15, 0.2) is 0 Å². The van der Waals surface area contributed by atoms with Gasteiger partial charge in [-0.15, -0.1) is 11.8 Å². The third-order valence-electron chi connectivity index (χ3n) is 2.84. The molecular formula is C15H21NO3S. The molecular weight excluding hydrogens is 274 g/mol. The van der Waals surface area contributed by atoms with Crippen molar-refractivity contribution >= 4 is 23.6 Å². The first-order valence-corrected chi connectivity index (χ1v) is 7.60. The molecule has 20 heavy (non-hydrogen) atoms. The maximum Gasteiger partial charge on any atom is 0.326 e. The molecule has 1 aromatic carbocycles. The maximum atomic E-state index is 11.7. The summed E-state index contributed by atoms with van der Waals surface area (Å²) in [6.07, 6.45) is 0.315. The van der Waals surface area contributed by atoms with Gasteiger partial charge in [0.1, 0.15) is 6.04 Å². The first-order valence-electron chi connectivity index (χ1n) is 6.61. The fourth-order valence-electron chi connectivity index (χ4n) is 1.73. The molecule has 0 heterocycles. The highest BCUT2D eigenvalue weighted by atomic mass is 32.2. The summed E-state index contributed by atoms with van der Waals surface area (Å²) >= 11 is 1.60. The van der Waals surface area contributed by atoms with E-state index < -0.39 is 12.0 Å². The third kappa shape index (κ3) is 5.65. The van der Waals surface area contributed by atoms with E-state index in [9.17, 15) is 9.59 Å². The number of benzene rings is 1. The average Bonchev–Trinajstić information content (AvgIpc) is 2.35. The second-order valence-electron chi connectivity index (χ2n) is 5.04. The molecule has 5 heteroatoms. The molecule has 0 aliphatic heterocycles. The minimum Gasteiger partial charge on any atom is -0.480 e. The van der Waals surface area contributed by atoms with Crippen LogP contribution >= 0.6 is 11.8 Å². The highest BCUT2D eigenvalue weighted by Crippen LogP contribution is 2.19. The molecule has 1 aromatic rings. The van der Waals surface area contributed by atoms with E-state index in [4.69, 9.17) is 5.11 Å². The van der Waals surface area contributed by atoms with Crippen LogP contribution in [0.25, 0.3) is 0 Å². The smallest absolute Gasteiger partial charge is 0.326 e. The van der Waals surface area contributed by atoms with Crippen LogP contribution in [0.4, 0.5) is 0 Å². The van der Waals surface area contributed by atoms with Crippen LogP contribution < -0.4 is 5.32 Å². The molecule has 0 radical (unpaired) electrons. The van der Waals surface area contributed by atoms with Crippen molar-refractivity contribution in [1.82, 2.24) is 5.32 Å². The van der Waals surface area contributed by atoms with Crippen LogP contribution in [-0.4, -0.2) is 28.8 Å². The molecule has 1 atom stereocenters. The second kappa shape index (κ2) is 7.94. The number of thioether (sulfide) groups is 1. The Morgan fingerprint density at radius 2 is 2.05 bits per heavy atom. The summed E-state index contributed by atoms with van der Waals surface area (Å²) < 4.78 is 0. The Morgan fingerprint density at radius 3 is 2.60 bits per heavy atom. The molecule has 0 saturated carbocycles. The van der Waals surface area contributed by atoms with Gasteiger partial charge >= 0.3 is 5.97 Å². The number of carboxylic acid groups (broad SMARTS) is 1. The van der Waals surface area contributed by atoms with Gasteiger partial charge in [-0.05, 0) is 25.0 Å². The Kier molecular flexibility index (Phi) is 6.58. The van der Waals surface area contributed by atoms with Crippen molar-refractivity contribution in [1.29, 1.82) is 0 Å². The van der Waals surface area contributed by atoms with Gasteiger partial charge in [-0.3, -0.25) is 4.79 Å². The molecule has 0 aromatic heterocycles. The van der Waals surface area contributed by atoms with Gasteiger partial charge in [0.2, 0.25) is 5.91 Å². The molecule has 1 rings (SSSR count). The van der Waals surface area contributed by atoms with E-state index in [1.54, 1.807) is 25.6 Å². The number of rotatable bonds is 7. The van der Waals surface area contributed by atoms with Gasteiger partial charge in [-0.25, -0.2) is 4.79 Å². The third-order valence-corrected chi connectivity index (χ3v) is 3.83. The van der Waals surface area contributed by atoms with Gasteiger partial charge in [-0.1, -0.05) is 31.5 Å². The Hall–Kier alpha value is -1.49. The lowest BCUT2D eigenvalue weighted by Gasteiger charge is -2.17. The lowest BCUT2D eigenvalue weighted by atomic mass is 10.0. The zero-order chi connectivity index (χ0) is 15.1. The summed E-state index contributed by atoms with van der Waals surface area (Å²) in [5.41, 5.74) is 1.19. The number of hydrogen-bond acceptors (Lipinski definition) is 3. The van der Waals surface area contributed by atoms with Crippen molar-refractivity contribution in [3.8, 4) is 0 Å². The largest absolute Gasteiger partial charge is 0.480 e. The quantitative estimate of drug-likeness (QED) is 0.759. The summed E-state index contributed by atoms with van der Waals surface area (Å²) in [7, 11) is 0. The molecule has 1 amide bonds. The van der Waals surface area contributed by atoms with Crippen molar-refractivity contribution in [3.63, 3.8) is 0 Å². The number of carbonyl (C=O) groups is 2. The van der Waals surface area contributed by atoms with Crippen LogP contribution in [0.1, 0.15) is 25.8 Å². The van der Waals surface area contributed by atoms with E-state index in [-0.39, 0.29) is 11.8 Å². The molecule has 2 N–H and O–H groups in total. The number of carbonyl (C=O) groups excluding carboxylic acids is 1. The van der Waals surface area contributed by atoms with E-state index in [1.165, 1.54) is 5.56 Å². The fraction of sp³-hybridized carbons (Fsp3) is 0.467. The van der Waals surface area contributed by atoms with Crippen molar-refractivity contribution in [3.05, 3.63) is 29.8 Å². The predicted octanol–water partition coefficient (Wildman–Crippen LogP) is 2.70. The number of aryl methyl sites for hydroxylation is 1. The highest BCUT2D eigenvalue weighted by Gasteiger charge is 2.22.